The summed E-state index contributed by atoms with van der Waals surface area (Å²) in [6, 6.07) is 5.86. The van der Waals surface area contributed by atoms with Crippen LogP contribution in [0.1, 0.15) is 43.7 Å². The molecular weight excluding hydrogens is 300 g/mol. The second-order valence-corrected chi connectivity index (χ2v) is 7.75. The van der Waals surface area contributed by atoms with Gasteiger partial charge in [-0.15, -0.1) is 10.2 Å². The van der Waals surface area contributed by atoms with Crippen LogP contribution in [0.3, 0.4) is 0 Å². The lowest BCUT2D eigenvalue weighted by molar-refractivity contribution is 0.378. The molecule has 0 saturated heterocycles. The molecule has 1 aromatic heterocycles. The summed E-state index contributed by atoms with van der Waals surface area (Å²) in [5.41, 5.74) is 1.84. The molecule has 0 bridgehead atoms. The Morgan fingerprint density at radius 3 is 2.55 bits per heavy atom. The maximum Gasteiger partial charge on any atom is 0.229 e. The standard InChI is InChI=1S/C16H22N2O3S/c1-11-6-7-13(20-5)12(8-11)9-22(19)10-14-17-18-15(21-14)16(2,3)4/h6-8H,9-10H2,1-5H3/t22-/m1/s1. The zero-order valence-corrected chi connectivity index (χ0v) is 14.5. The first-order valence-electron chi connectivity index (χ1n) is 7.11. The number of nitrogens with zero attached hydrogens (tertiary/aromatic N) is 2. The molecule has 22 heavy (non-hydrogen) atoms. The fourth-order valence-electron chi connectivity index (χ4n) is 2.00. The first kappa shape index (κ1) is 16.7. The van der Waals surface area contributed by atoms with Crippen LogP contribution in [-0.2, 0) is 27.7 Å². The van der Waals surface area contributed by atoms with Gasteiger partial charge in [0.1, 0.15) is 11.5 Å². The molecular formula is C16H22N2O3S. The average molecular weight is 322 g/mol. The summed E-state index contributed by atoms with van der Waals surface area (Å²) in [5, 5.41) is 8.00. The van der Waals surface area contributed by atoms with Crippen LogP contribution in [0.5, 0.6) is 5.75 Å². The summed E-state index contributed by atoms with van der Waals surface area (Å²) in [6.45, 7) is 8.00. The summed E-state index contributed by atoms with van der Waals surface area (Å²) in [7, 11) is 0.484. The highest BCUT2D eigenvalue weighted by Crippen LogP contribution is 2.23. The van der Waals surface area contributed by atoms with Gasteiger partial charge in [0.15, 0.2) is 0 Å². The van der Waals surface area contributed by atoms with E-state index < -0.39 is 10.8 Å². The van der Waals surface area contributed by atoms with E-state index in [1.807, 2.05) is 45.9 Å². The van der Waals surface area contributed by atoms with Crippen LogP contribution in [-0.4, -0.2) is 21.5 Å². The van der Waals surface area contributed by atoms with Crippen LogP contribution >= 0.6 is 0 Å². The van der Waals surface area contributed by atoms with Gasteiger partial charge in [0.25, 0.3) is 0 Å². The van der Waals surface area contributed by atoms with Crippen molar-refractivity contribution in [3.05, 3.63) is 41.1 Å². The van der Waals surface area contributed by atoms with Gasteiger partial charge < -0.3 is 9.15 Å². The molecule has 0 saturated carbocycles. The third-order valence-electron chi connectivity index (χ3n) is 3.15. The van der Waals surface area contributed by atoms with Gasteiger partial charge in [-0.3, -0.25) is 4.21 Å². The predicted octanol–water partition coefficient (Wildman–Crippen LogP) is 3.13. The van der Waals surface area contributed by atoms with E-state index in [9.17, 15) is 4.21 Å². The van der Waals surface area contributed by atoms with Crippen molar-refractivity contribution < 1.29 is 13.4 Å². The maximum absolute atomic E-state index is 12.3. The van der Waals surface area contributed by atoms with E-state index in [-0.39, 0.29) is 11.2 Å². The Labute approximate surface area is 133 Å². The molecule has 1 aromatic carbocycles. The van der Waals surface area contributed by atoms with E-state index in [2.05, 4.69) is 10.2 Å². The highest BCUT2D eigenvalue weighted by atomic mass is 32.2. The van der Waals surface area contributed by atoms with Gasteiger partial charge in [0.2, 0.25) is 11.8 Å². The number of hydrogen-bond acceptors (Lipinski definition) is 5. The molecule has 1 heterocycles. The van der Waals surface area contributed by atoms with Crippen molar-refractivity contribution in [2.75, 3.05) is 7.11 Å². The Hall–Kier alpha value is -1.69. The number of benzene rings is 1. The summed E-state index contributed by atoms with van der Waals surface area (Å²) in [5.74, 6) is 2.38. The SMILES string of the molecule is COc1ccc(C)cc1C[S@@](=O)Cc1nnc(C(C)(C)C)o1. The molecule has 0 N–H and O–H groups in total. The fourth-order valence-corrected chi connectivity index (χ4v) is 3.06. The molecule has 5 nitrogen and oxygen atoms in total. The van der Waals surface area contributed by atoms with E-state index in [1.165, 1.54) is 0 Å². The van der Waals surface area contributed by atoms with Gasteiger partial charge >= 0.3 is 0 Å². The highest BCUT2D eigenvalue weighted by Gasteiger charge is 2.22. The van der Waals surface area contributed by atoms with Crippen LogP contribution in [0.15, 0.2) is 22.6 Å². The fraction of sp³-hybridized carbons (Fsp3) is 0.500. The molecule has 0 unspecified atom stereocenters. The third-order valence-corrected chi connectivity index (χ3v) is 4.35. The zero-order valence-electron chi connectivity index (χ0n) is 13.7. The summed E-state index contributed by atoms with van der Waals surface area (Å²) in [4.78, 5) is 0. The largest absolute Gasteiger partial charge is 0.496 e. The minimum absolute atomic E-state index is 0.202. The molecule has 0 aliphatic carbocycles. The topological polar surface area (TPSA) is 65.2 Å². The van der Waals surface area contributed by atoms with Gasteiger partial charge in [-0.1, -0.05) is 38.5 Å². The molecule has 0 aliphatic heterocycles. The number of ether oxygens (including phenoxy) is 1. The molecule has 0 amide bonds. The van der Waals surface area contributed by atoms with Crippen molar-refractivity contribution in [2.24, 2.45) is 0 Å². The van der Waals surface area contributed by atoms with Crippen molar-refractivity contribution in [3.63, 3.8) is 0 Å². The molecule has 0 aliphatic rings. The molecule has 120 valence electrons. The molecule has 0 radical (unpaired) electrons. The second-order valence-electron chi connectivity index (χ2n) is 6.29. The van der Waals surface area contributed by atoms with Gasteiger partial charge in [-0.05, 0) is 13.0 Å². The van der Waals surface area contributed by atoms with Gasteiger partial charge in [0, 0.05) is 21.8 Å². The minimum Gasteiger partial charge on any atom is -0.496 e. The normalized spacial score (nSPS) is 13.1. The summed E-state index contributed by atoms with van der Waals surface area (Å²) >= 11 is 0. The van der Waals surface area contributed by atoms with E-state index in [0.717, 1.165) is 16.9 Å². The number of rotatable bonds is 5. The number of hydrogen-bond donors (Lipinski definition) is 0. The van der Waals surface area contributed by atoms with Crippen LogP contribution in [0.4, 0.5) is 0 Å². The first-order valence-corrected chi connectivity index (χ1v) is 8.60. The van der Waals surface area contributed by atoms with Gasteiger partial charge in [0.05, 0.1) is 12.9 Å². The van der Waals surface area contributed by atoms with Crippen molar-refractivity contribution in [1.29, 1.82) is 0 Å². The van der Waals surface area contributed by atoms with Crippen molar-refractivity contribution in [3.8, 4) is 5.75 Å². The Kier molecular flexibility index (Phi) is 5.01. The van der Waals surface area contributed by atoms with Crippen molar-refractivity contribution in [2.45, 2.75) is 44.6 Å². The predicted molar refractivity (Wildman–Crippen MR) is 86.3 cm³/mol. The van der Waals surface area contributed by atoms with Crippen molar-refractivity contribution in [1.82, 2.24) is 10.2 Å². The van der Waals surface area contributed by atoms with Gasteiger partial charge in [-0.2, -0.15) is 0 Å². The number of aromatic nitrogens is 2. The molecule has 0 fully saturated rings. The van der Waals surface area contributed by atoms with Gasteiger partial charge in [-0.25, -0.2) is 0 Å². The van der Waals surface area contributed by atoms with Crippen LogP contribution in [0.25, 0.3) is 0 Å². The molecule has 1 atom stereocenters. The minimum atomic E-state index is -1.13. The van der Waals surface area contributed by atoms with Crippen molar-refractivity contribution >= 4 is 10.8 Å². The van der Waals surface area contributed by atoms with Crippen LogP contribution in [0, 0.1) is 6.92 Å². The van der Waals surface area contributed by atoms with E-state index in [4.69, 9.17) is 9.15 Å². The van der Waals surface area contributed by atoms with Crippen LogP contribution < -0.4 is 4.74 Å². The van der Waals surface area contributed by atoms with E-state index in [1.54, 1.807) is 7.11 Å². The van der Waals surface area contributed by atoms with E-state index >= 15 is 0 Å². The number of methoxy groups -OCH3 is 1. The quantitative estimate of drug-likeness (QED) is 0.846. The summed E-state index contributed by atoms with van der Waals surface area (Å²) in [6.07, 6.45) is 0. The molecule has 0 spiro atoms. The number of aryl methyl sites for hydroxylation is 1. The average Bonchev–Trinajstić information content (AvgIpc) is 2.87. The highest BCUT2D eigenvalue weighted by molar-refractivity contribution is 7.83. The molecule has 2 rings (SSSR count). The third kappa shape index (κ3) is 4.16. The summed E-state index contributed by atoms with van der Waals surface area (Å²) < 4.78 is 23.3. The Morgan fingerprint density at radius 2 is 1.95 bits per heavy atom. The lowest BCUT2D eigenvalue weighted by Crippen LogP contribution is -2.11. The smallest absolute Gasteiger partial charge is 0.229 e. The molecule has 2 aromatic rings. The second kappa shape index (κ2) is 6.60. The maximum atomic E-state index is 12.3. The monoisotopic (exact) mass is 322 g/mol. The van der Waals surface area contributed by atoms with Crippen LogP contribution in [0.2, 0.25) is 0 Å². The van der Waals surface area contributed by atoms with E-state index in [0.29, 0.717) is 17.5 Å². The first-order chi connectivity index (χ1) is 10.3. The Balaban J connectivity index is 2.07. The Morgan fingerprint density at radius 1 is 1.23 bits per heavy atom. The molecule has 6 heteroatoms. The lowest BCUT2D eigenvalue weighted by atomic mass is 9.97. The lowest BCUT2D eigenvalue weighted by Gasteiger charge is -2.11. The Bertz CT molecular complexity index is 674. The zero-order chi connectivity index (χ0) is 16.3.